The third kappa shape index (κ3) is 3.48. The summed E-state index contributed by atoms with van der Waals surface area (Å²) >= 11 is 1.09. The zero-order chi connectivity index (χ0) is 17.9. The van der Waals surface area contributed by atoms with Gasteiger partial charge in [-0.2, -0.15) is 4.98 Å². The molecule has 1 aliphatic rings. The zero-order valence-corrected chi connectivity index (χ0v) is 14.9. The van der Waals surface area contributed by atoms with E-state index in [-0.39, 0.29) is 22.7 Å². The van der Waals surface area contributed by atoms with Crippen molar-refractivity contribution in [3.8, 4) is 17.5 Å². The third-order valence-electron chi connectivity index (χ3n) is 4.36. The highest BCUT2D eigenvalue weighted by Gasteiger charge is 2.25. The van der Waals surface area contributed by atoms with Crippen LogP contribution in [0, 0.1) is 0 Å². The number of hydrogen-bond donors (Lipinski definition) is 1. The highest BCUT2D eigenvalue weighted by molar-refractivity contribution is 7.20. The lowest BCUT2D eigenvalue weighted by Gasteiger charge is -2.21. The van der Waals surface area contributed by atoms with E-state index in [1.165, 1.54) is 12.6 Å². The number of aromatic nitrogens is 2. The Morgan fingerprint density at radius 3 is 2.69 bits per heavy atom. The van der Waals surface area contributed by atoms with Crippen LogP contribution in [0.2, 0.25) is 0 Å². The molecule has 0 bridgehead atoms. The van der Waals surface area contributed by atoms with Gasteiger partial charge in [0.2, 0.25) is 0 Å². The Morgan fingerprint density at radius 1 is 1.15 bits per heavy atom. The monoisotopic (exact) mass is 370 g/mol. The Bertz CT molecular complexity index is 920. The van der Waals surface area contributed by atoms with E-state index < -0.39 is 5.97 Å². The van der Waals surface area contributed by atoms with E-state index in [9.17, 15) is 9.90 Å². The number of para-hydroxylation sites is 1. The van der Waals surface area contributed by atoms with E-state index in [1.807, 2.05) is 18.2 Å². The van der Waals surface area contributed by atoms with Crippen molar-refractivity contribution < 1.29 is 19.4 Å². The minimum atomic E-state index is -0.497. The Labute approximate surface area is 154 Å². The lowest BCUT2D eigenvalue weighted by molar-refractivity contribution is 0.0214. The molecule has 134 valence electrons. The van der Waals surface area contributed by atoms with Gasteiger partial charge in [-0.05, 0) is 37.8 Å². The smallest absolute Gasteiger partial charge is 0.352 e. The van der Waals surface area contributed by atoms with E-state index in [0.29, 0.717) is 16.0 Å². The average molecular weight is 370 g/mol. The molecule has 0 spiro atoms. The first-order chi connectivity index (χ1) is 12.7. The van der Waals surface area contributed by atoms with Crippen LogP contribution in [0.1, 0.15) is 41.8 Å². The SMILES string of the molecule is O=C(OC1CCCCC1)c1sc2nc(Oc3ccccc3)ncc2c1O. The Morgan fingerprint density at radius 2 is 1.92 bits per heavy atom. The minimum absolute atomic E-state index is 0.0658. The van der Waals surface area contributed by atoms with E-state index in [2.05, 4.69) is 9.97 Å². The van der Waals surface area contributed by atoms with Gasteiger partial charge in [-0.3, -0.25) is 0 Å². The summed E-state index contributed by atoms with van der Waals surface area (Å²) in [5.41, 5.74) is 0. The molecule has 1 N–H and O–H groups in total. The molecule has 2 heterocycles. The molecule has 0 aliphatic heterocycles. The van der Waals surface area contributed by atoms with Crippen molar-refractivity contribution in [1.29, 1.82) is 0 Å². The van der Waals surface area contributed by atoms with Crippen LogP contribution >= 0.6 is 11.3 Å². The summed E-state index contributed by atoms with van der Waals surface area (Å²) in [6.45, 7) is 0. The predicted molar refractivity (Wildman–Crippen MR) is 97.9 cm³/mol. The van der Waals surface area contributed by atoms with Gasteiger partial charge in [0.25, 0.3) is 0 Å². The minimum Gasteiger partial charge on any atom is -0.505 e. The van der Waals surface area contributed by atoms with Crippen LogP contribution in [0.25, 0.3) is 10.2 Å². The molecule has 0 radical (unpaired) electrons. The summed E-state index contributed by atoms with van der Waals surface area (Å²) in [6.07, 6.45) is 6.48. The largest absolute Gasteiger partial charge is 0.505 e. The molecule has 7 heteroatoms. The number of fused-ring (bicyclic) bond motifs is 1. The maximum atomic E-state index is 12.4. The van der Waals surface area contributed by atoms with Gasteiger partial charge >= 0.3 is 12.0 Å². The fourth-order valence-electron chi connectivity index (χ4n) is 3.03. The summed E-state index contributed by atoms with van der Waals surface area (Å²) in [4.78, 5) is 21.5. The van der Waals surface area contributed by atoms with E-state index >= 15 is 0 Å². The third-order valence-corrected chi connectivity index (χ3v) is 5.43. The molecule has 6 nitrogen and oxygen atoms in total. The number of benzene rings is 1. The predicted octanol–water partition coefficient (Wildman–Crippen LogP) is 4.68. The molecular weight excluding hydrogens is 352 g/mol. The van der Waals surface area contributed by atoms with Crippen LogP contribution in [0.5, 0.6) is 17.5 Å². The Hall–Kier alpha value is -2.67. The molecule has 4 rings (SSSR count). The van der Waals surface area contributed by atoms with Crippen LogP contribution in [0.4, 0.5) is 0 Å². The second-order valence-corrected chi connectivity index (χ2v) is 7.23. The summed E-state index contributed by atoms with van der Waals surface area (Å²) in [5.74, 6) is -0.00967. The first-order valence-corrected chi connectivity index (χ1v) is 9.45. The fourth-order valence-corrected chi connectivity index (χ4v) is 3.94. The average Bonchev–Trinajstić information content (AvgIpc) is 3.00. The standard InChI is InChI=1S/C19H18N2O4S/c22-15-14-11-20-19(25-13-9-5-2-6-10-13)21-17(14)26-16(15)18(23)24-12-7-3-1-4-8-12/h2,5-6,9-12,22H,1,3-4,7-8H2. The maximum Gasteiger partial charge on any atom is 0.352 e. The van der Waals surface area contributed by atoms with E-state index in [0.717, 1.165) is 37.0 Å². The molecule has 0 atom stereocenters. The van der Waals surface area contributed by atoms with Gasteiger partial charge < -0.3 is 14.6 Å². The van der Waals surface area contributed by atoms with Crippen molar-refractivity contribution in [3.05, 3.63) is 41.4 Å². The number of esters is 1. The molecule has 1 aromatic carbocycles. The first kappa shape index (κ1) is 16.8. The van der Waals surface area contributed by atoms with Crippen molar-refractivity contribution in [2.45, 2.75) is 38.2 Å². The number of aromatic hydroxyl groups is 1. The van der Waals surface area contributed by atoms with Crippen LogP contribution in [-0.2, 0) is 4.74 Å². The molecule has 1 aliphatic carbocycles. The second-order valence-electron chi connectivity index (χ2n) is 6.23. The highest BCUT2D eigenvalue weighted by atomic mass is 32.1. The van der Waals surface area contributed by atoms with Crippen molar-refractivity contribution in [1.82, 2.24) is 9.97 Å². The second kappa shape index (κ2) is 7.29. The number of hydrogen-bond acceptors (Lipinski definition) is 7. The van der Waals surface area contributed by atoms with Crippen LogP contribution in [0.3, 0.4) is 0 Å². The van der Waals surface area contributed by atoms with Crippen LogP contribution in [0.15, 0.2) is 36.5 Å². The molecule has 1 fully saturated rings. The molecular formula is C19H18N2O4S. The van der Waals surface area contributed by atoms with Crippen LogP contribution in [-0.4, -0.2) is 27.1 Å². The zero-order valence-electron chi connectivity index (χ0n) is 14.1. The van der Waals surface area contributed by atoms with Gasteiger partial charge in [-0.25, -0.2) is 9.78 Å². The molecule has 0 unspecified atom stereocenters. The first-order valence-electron chi connectivity index (χ1n) is 8.63. The Kier molecular flexibility index (Phi) is 4.71. The van der Waals surface area contributed by atoms with Crippen molar-refractivity contribution in [2.75, 3.05) is 0 Å². The van der Waals surface area contributed by atoms with E-state index in [4.69, 9.17) is 9.47 Å². The normalized spacial score (nSPS) is 15.1. The molecule has 3 aromatic rings. The van der Waals surface area contributed by atoms with Gasteiger partial charge in [-0.1, -0.05) is 24.6 Å². The fraction of sp³-hybridized carbons (Fsp3) is 0.316. The van der Waals surface area contributed by atoms with Gasteiger partial charge in [0, 0.05) is 6.20 Å². The summed E-state index contributed by atoms with van der Waals surface area (Å²) in [5, 5.41) is 10.8. The number of ether oxygens (including phenoxy) is 2. The lowest BCUT2D eigenvalue weighted by Crippen LogP contribution is -2.20. The lowest BCUT2D eigenvalue weighted by atomic mass is 9.98. The van der Waals surface area contributed by atoms with Gasteiger partial charge in [0.05, 0.1) is 5.39 Å². The molecule has 0 saturated heterocycles. The van der Waals surface area contributed by atoms with Crippen molar-refractivity contribution >= 4 is 27.5 Å². The number of carbonyl (C=O) groups is 1. The number of nitrogens with zero attached hydrogens (tertiary/aromatic N) is 2. The quantitative estimate of drug-likeness (QED) is 0.672. The van der Waals surface area contributed by atoms with Gasteiger partial charge in [0.1, 0.15) is 16.7 Å². The van der Waals surface area contributed by atoms with Crippen LogP contribution < -0.4 is 4.74 Å². The highest BCUT2D eigenvalue weighted by Crippen LogP contribution is 2.37. The molecule has 0 amide bonds. The number of rotatable bonds is 4. The number of carbonyl (C=O) groups excluding carboxylic acids is 1. The summed E-state index contributed by atoms with van der Waals surface area (Å²) in [6, 6.07) is 9.35. The molecule has 1 saturated carbocycles. The Balaban J connectivity index is 1.56. The molecule has 26 heavy (non-hydrogen) atoms. The number of thiophene rings is 1. The topological polar surface area (TPSA) is 81.5 Å². The molecule has 2 aromatic heterocycles. The van der Waals surface area contributed by atoms with Crippen molar-refractivity contribution in [3.63, 3.8) is 0 Å². The van der Waals surface area contributed by atoms with E-state index in [1.54, 1.807) is 12.1 Å². The maximum absolute atomic E-state index is 12.4. The van der Waals surface area contributed by atoms with Gasteiger partial charge in [-0.15, -0.1) is 11.3 Å². The summed E-state index contributed by atoms with van der Waals surface area (Å²) in [7, 11) is 0. The summed E-state index contributed by atoms with van der Waals surface area (Å²) < 4.78 is 11.1. The van der Waals surface area contributed by atoms with Gasteiger partial charge in [0.15, 0.2) is 10.6 Å². The van der Waals surface area contributed by atoms with Crippen molar-refractivity contribution in [2.24, 2.45) is 0 Å².